The molecule has 0 radical (unpaired) electrons. The summed E-state index contributed by atoms with van der Waals surface area (Å²) in [4.78, 5) is 11.2. The molecule has 7 nitrogen and oxygen atoms in total. The van der Waals surface area contributed by atoms with Gasteiger partial charge in [-0.05, 0) is 42.8 Å². The first-order valence-corrected chi connectivity index (χ1v) is 10.6. The summed E-state index contributed by atoms with van der Waals surface area (Å²) >= 11 is 9.39. The zero-order chi connectivity index (χ0) is 21.5. The topological polar surface area (TPSA) is 84.0 Å². The van der Waals surface area contributed by atoms with E-state index in [0.29, 0.717) is 29.7 Å². The Balaban J connectivity index is 1.67. The Bertz CT molecular complexity index is 911. The molecule has 2 unspecified atom stereocenters. The summed E-state index contributed by atoms with van der Waals surface area (Å²) in [5.41, 5.74) is 9.33. The molecule has 0 aliphatic carbocycles. The number of hydrogen-bond donors (Lipinski definition) is 3. The summed E-state index contributed by atoms with van der Waals surface area (Å²) in [6, 6.07) is 9.58. The fraction of sp³-hybridized carbons (Fsp3) is 0.300. The summed E-state index contributed by atoms with van der Waals surface area (Å²) in [6.45, 7) is 2.79. The number of ether oxygens (including phenoxy) is 2. The number of rotatable bonds is 8. The number of carbonyl (C=O) groups is 1. The van der Waals surface area contributed by atoms with Crippen LogP contribution in [-0.2, 0) is 11.4 Å². The number of nitrogens with one attached hydrogen (secondary N) is 3. The number of benzene rings is 2. The first kappa shape index (κ1) is 22.3. The lowest BCUT2D eigenvalue weighted by molar-refractivity contribution is -0.123. The van der Waals surface area contributed by atoms with Crippen molar-refractivity contribution in [2.75, 3.05) is 13.2 Å². The molecule has 0 saturated carbocycles. The van der Waals surface area contributed by atoms with E-state index in [1.807, 2.05) is 6.92 Å². The van der Waals surface area contributed by atoms with Gasteiger partial charge in [-0.3, -0.25) is 10.2 Å². The first-order valence-electron chi connectivity index (χ1n) is 9.27. The Labute approximate surface area is 187 Å². The zero-order valence-electron chi connectivity index (χ0n) is 16.1. The van der Waals surface area contributed by atoms with Crippen LogP contribution in [0.2, 0.25) is 5.02 Å². The third-order valence-corrected chi connectivity index (χ3v) is 5.70. The van der Waals surface area contributed by atoms with Crippen LogP contribution in [0.1, 0.15) is 18.1 Å². The fourth-order valence-electron chi connectivity index (χ4n) is 2.73. The SMILES string of the molecule is CCOc1cc(/C=N/NC2CNNC(=O)C2Br)ccc1OCc1c(F)cccc1Cl. The van der Waals surface area contributed by atoms with E-state index in [1.54, 1.807) is 36.5 Å². The van der Waals surface area contributed by atoms with Crippen molar-refractivity contribution in [3.63, 3.8) is 0 Å². The molecule has 3 N–H and O–H groups in total. The maximum absolute atomic E-state index is 14.0. The Kier molecular flexibility index (Phi) is 7.89. The Morgan fingerprint density at radius 3 is 2.93 bits per heavy atom. The molecule has 1 amide bonds. The van der Waals surface area contributed by atoms with Crippen molar-refractivity contribution in [3.8, 4) is 11.5 Å². The molecule has 160 valence electrons. The fourth-order valence-corrected chi connectivity index (χ4v) is 3.37. The number of alkyl halides is 1. The molecule has 3 rings (SSSR count). The molecule has 2 aromatic carbocycles. The third kappa shape index (κ3) is 5.62. The maximum atomic E-state index is 14.0. The van der Waals surface area contributed by atoms with Crippen molar-refractivity contribution < 1.29 is 18.7 Å². The van der Waals surface area contributed by atoms with Crippen LogP contribution in [0.15, 0.2) is 41.5 Å². The minimum Gasteiger partial charge on any atom is -0.490 e. The highest BCUT2D eigenvalue weighted by Crippen LogP contribution is 2.30. The number of amides is 1. The number of hydrazone groups is 1. The van der Waals surface area contributed by atoms with Crippen LogP contribution in [0.5, 0.6) is 11.5 Å². The highest BCUT2D eigenvalue weighted by atomic mass is 79.9. The summed E-state index contributed by atoms with van der Waals surface area (Å²) in [7, 11) is 0. The van der Waals surface area contributed by atoms with Crippen molar-refractivity contribution in [1.29, 1.82) is 0 Å². The molecule has 1 fully saturated rings. The van der Waals surface area contributed by atoms with Gasteiger partial charge in [0, 0.05) is 12.1 Å². The number of carbonyl (C=O) groups excluding carboxylic acids is 1. The molecule has 1 aliphatic heterocycles. The highest BCUT2D eigenvalue weighted by molar-refractivity contribution is 9.10. The number of nitrogens with zero attached hydrogens (tertiary/aromatic N) is 1. The minimum atomic E-state index is -0.425. The van der Waals surface area contributed by atoms with Crippen molar-refractivity contribution in [3.05, 3.63) is 58.4 Å². The van der Waals surface area contributed by atoms with E-state index in [4.69, 9.17) is 21.1 Å². The Hall–Kier alpha value is -2.36. The summed E-state index contributed by atoms with van der Waals surface area (Å²) in [5, 5.41) is 4.51. The molecule has 0 spiro atoms. The van der Waals surface area contributed by atoms with Crippen molar-refractivity contribution in [2.45, 2.75) is 24.4 Å². The molecule has 1 aliphatic rings. The van der Waals surface area contributed by atoms with Crippen LogP contribution in [0.25, 0.3) is 0 Å². The van der Waals surface area contributed by atoms with Crippen LogP contribution < -0.4 is 25.8 Å². The first-order chi connectivity index (χ1) is 14.5. The second kappa shape index (κ2) is 10.6. The lowest BCUT2D eigenvalue weighted by Crippen LogP contribution is -2.59. The van der Waals surface area contributed by atoms with Gasteiger partial charge in [-0.2, -0.15) is 5.10 Å². The van der Waals surface area contributed by atoms with Gasteiger partial charge in [0.25, 0.3) is 0 Å². The summed E-state index contributed by atoms with van der Waals surface area (Å²) in [6.07, 6.45) is 1.62. The van der Waals surface area contributed by atoms with Gasteiger partial charge in [-0.15, -0.1) is 0 Å². The maximum Gasteiger partial charge on any atom is 0.250 e. The molecule has 0 aromatic heterocycles. The van der Waals surface area contributed by atoms with E-state index in [0.717, 1.165) is 5.56 Å². The Morgan fingerprint density at radius 1 is 1.33 bits per heavy atom. The predicted molar refractivity (Wildman–Crippen MR) is 117 cm³/mol. The summed E-state index contributed by atoms with van der Waals surface area (Å²) in [5.74, 6) is 0.385. The van der Waals surface area contributed by atoms with Crippen LogP contribution in [0, 0.1) is 5.82 Å². The quantitative estimate of drug-likeness (QED) is 0.295. The average Bonchev–Trinajstić information content (AvgIpc) is 2.72. The van der Waals surface area contributed by atoms with Crippen LogP contribution in [-0.4, -0.2) is 36.1 Å². The second-order valence-electron chi connectivity index (χ2n) is 6.39. The van der Waals surface area contributed by atoms with Crippen molar-refractivity contribution in [1.82, 2.24) is 16.3 Å². The second-order valence-corrected chi connectivity index (χ2v) is 7.79. The van der Waals surface area contributed by atoms with E-state index in [2.05, 4.69) is 37.3 Å². The number of hydrogen-bond acceptors (Lipinski definition) is 6. The van der Waals surface area contributed by atoms with Gasteiger partial charge in [-0.25, -0.2) is 9.82 Å². The average molecular weight is 500 g/mol. The monoisotopic (exact) mass is 498 g/mol. The number of hydrazine groups is 1. The minimum absolute atomic E-state index is 0.0239. The van der Waals surface area contributed by atoms with Gasteiger partial charge in [-0.1, -0.05) is 33.6 Å². The van der Waals surface area contributed by atoms with E-state index in [9.17, 15) is 9.18 Å². The lowest BCUT2D eigenvalue weighted by Gasteiger charge is -2.27. The molecule has 10 heteroatoms. The molecule has 1 saturated heterocycles. The Morgan fingerprint density at radius 2 is 2.17 bits per heavy atom. The van der Waals surface area contributed by atoms with Gasteiger partial charge >= 0.3 is 0 Å². The summed E-state index contributed by atoms with van der Waals surface area (Å²) < 4.78 is 25.4. The molecule has 2 atom stereocenters. The molecule has 30 heavy (non-hydrogen) atoms. The van der Waals surface area contributed by atoms with E-state index >= 15 is 0 Å². The van der Waals surface area contributed by atoms with E-state index < -0.39 is 10.6 Å². The van der Waals surface area contributed by atoms with Gasteiger partial charge in [0.1, 0.15) is 17.3 Å². The number of halogens is 3. The van der Waals surface area contributed by atoms with Crippen LogP contribution >= 0.6 is 27.5 Å². The third-order valence-electron chi connectivity index (χ3n) is 4.29. The molecular formula is C20H21BrClFN4O3. The lowest BCUT2D eigenvalue weighted by atomic mass is 10.2. The highest BCUT2D eigenvalue weighted by Gasteiger charge is 2.29. The molecular weight excluding hydrogens is 479 g/mol. The van der Waals surface area contributed by atoms with Gasteiger partial charge in [0.05, 0.1) is 23.9 Å². The molecule has 1 heterocycles. The van der Waals surface area contributed by atoms with Crippen molar-refractivity contribution in [2.24, 2.45) is 5.10 Å². The van der Waals surface area contributed by atoms with E-state index in [1.165, 1.54) is 6.07 Å². The predicted octanol–water partition coefficient (Wildman–Crippen LogP) is 3.15. The smallest absolute Gasteiger partial charge is 0.250 e. The normalized spacial score (nSPS) is 18.9. The van der Waals surface area contributed by atoms with Crippen molar-refractivity contribution >= 4 is 39.7 Å². The molecule has 2 aromatic rings. The van der Waals surface area contributed by atoms with E-state index in [-0.39, 0.29) is 24.1 Å². The largest absolute Gasteiger partial charge is 0.490 e. The van der Waals surface area contributed by atoms with Gasteiger partial charge in [0.15, 0.2) is 11.5 Å². The molecule has 0 bridgehead atoms. The zero-order valence-corrected chi connectivity index (χ0v) is 18.5. The van der Waals surface area contributed by atoms with Gasteiger partial charge < -0.3 is 14.9 Å². The standard InChI is InChI=1S/C20H21BrClFN4O3/c1-2-29-18-8-12(9-24-26-16-10-25-27-20(28)19(16)21)6-7-17(18)30-11-13-14(22)4-3-5-15(13)23/h3-9,16,19,25-26H,2,10-11H2,1H3,(H,27,28)/b24-9+. The van der Waals surface area contributed by atoms with Crippen LogP contribution in [0.4, 0.5) is 4.39 Å². The van der Waals surface area contributed by atoms with Crippen LogP contribution in [0.3, 0.4) is 0 Å². The van der Waals surface area contributed by atoms with Gasteiger partial charge in [0.2, 0.25) is 5.91 Å².